The lowest BCUT2D eigenvalue weighted by Crippen LogP contribution is -2.57. The summed E-state index contributed by atoms with van der Waals surface area (Å²) >= 11 is 0. The molecule has 1 aromatic carbocycles. The fraction of sp³-hybridized carbons (Fsp3) is 0.538. The van der Waals surface area contributed by atoms with Crippen molar-refractivity contribution in [3.63, 3.8) is 0 Å². The molecule has 1 aromatic rings. The molecule has 0 aliphatic carbocycles. The predicted octanol–water partition coefficient (Wildman–Crippen LogP) is 0.148. The topological polar surface area (TPSA) is 126 Å². The average Bonchev–Trinajstić information content (AvgIpc) is 2.49. The molecule has 0 aromatic heterocycles. The van der Waals surface area contributed by atoms with E-state index >= 15 is 0 Å². The summed E-state index contributed by atoms with van der Waals surface area (Å²) < 4.78 is 26.5. The van der Waals surface area contributed by atoms with Crippen LogP contribution < -0.4 is 0 Å². The van der Waals surface area contributed by atoms with Crippen LogP contribution in [-0.4, -0.2) is 50.9 Å². The van der Waals surface area contributed by atoms with Crippen molar-refractivity contribution in [2.75, 3.05) is 0 Å². The molecule has 1 heterocycles. The third-order valence-electron chi connectivity index (χ3n) is 3.28. The van der Waals surface area contributed by atoms with Gasteiger partial charge in [0.15, 0.2) is 6.29 Å². The molecule has 1 aliphatic heterocycles. The molecule has 9 heteroatoms. The summed E-state index contributed by atoms with van der Waals surface area (Å²) in [5.41, 5.74) is 0.661. The maximum atomic E-state index is 11.9. The van der Waals surface area contributed by atoms with Crippen LogP contribution in [0.2, 0.25) is 0 Å². The van der Waals surface area contributed by atoms with Gasteiger partial charge in [0.25, 0.3) is 0 Å². The molecule has 2 rings (SSSR count). The van der Waals surface area contributed by atoms with Gasteiger partial charge in [-0.15, -0.1) is 0 Å². The minimum absolute atomic E-state index is 0.168. The molecule has 6 atom stereocenters. The van der Waals surface area contributed by atoms with Crippen molar-refractivity contribution in [3.8, 4) is 0 Å². The highest BCUT2D eigenvalue weighted by atomic mass is 31.2. The molecular formula is C13H19O8P. The van der Waals surface area contributed by atoms with Gasteiger partial charge < -0.3 is 24.9 Å². The summed E-state index contributed by atoms with van der Waals surface area (Å²) in [6.07, 6.45) is -7.01. The fourth-order valence-corrected chi connectivity index (χ4v) is 2.80. The summed E-state index contributed by atoms with van der Waals surface area (Å²) in [4.78, 5) is 9.66. The van der Waals surface area contributed by atoms with E-state index in [1.165, 1.54) is 6.92 Å². The second kappa shape index (κ2) is 7.16. The Morgan fingerprint density at radius 3 is 2.41 bits per heavy atom. The van der Waals surface area contributed by atoms with E-state index in [4.69, 9.17) is 13.8 Å². The van der Waals surface area contributed by atoms with Gasteiger partial charge in [0.05, 0.1) is 12.7 Å². The number of benzene rings is 1. The lowest BCUT2D eigenvalue weighted by Gasteiger charge is -2.38. The number of aliphatic hydroxyl groups excluding tert-OH is 3. The van der Waals surface area contributed by atoms with Crippen molar-refractivity contribution >= 4 is 7.82 Å². The Balaban J connectivity index is 1.94. The summed E-state index contributed by atoms with van der Waals surface area (Å²) in [6.45, 7) is 1.27. The van der Waals surface area contributed by atoms with Gasteiger partial charge in [-0.1, -0.05) is 30.3 Å². The Bertz CT molecular complexity index is 524. The molecule has 1 aliphatic rings. The SMILES string of the molecule is C[C@@H]1O[C@H](OP(=O)(O)OCc2ccccc2)[C@@H](O)[C@H](O)[C@@H]1O. The third kappa shape index (κ3) is 4.34. The quantitative estimate of drug-likeness (QED) is 0.561. The summed E-state index contributed by atoms with van der Waals surface area (Å²) in [7, 11) is -4.51. The minimum Gasteiger partial charge on any atom is -0.388 e. The van der Waals surface area contributed by atoms with Gasteiger partial charge in [0.1, 0.15) is 18.3 Å². The van der Waals surface area contributed by atoms with Crippen LogP contribution in [0, 0.1) is 0 Å². The molecule has 22 heavy (non-hydrogen) atoms. The zero-order chi connectivity index (χ0) is 16.3. The number of phosphoric acid groups is 1. The van der Waals surface area contributed by atoms with Crippen LogP contribution in [0.5, 0.6) is 0 Å². The van der Waals surface area contributed by atoms with E-state index < -0.39 is 38.5 Å². The van der Waals surface area contributed by atoms with Gasteiger partial charge in [-0.25, -0.2) is 4.57 Å². The highest BCUT2D eigenvalue weighted by Gasteiger charge is 2.45. The summed E-state index contributed by atoms with van der Waals surface area (Å²) in [6, 6.07) is 8.69. The molecule has 8 nitrogen and oxygen atoms in total. The first kappa shape index (κ1) is 17.5. The molecule has 0 amide bonds. The number of phosphoric ester groups is 1. The van der Waals surface area contributed by atoms with E-state index in [1.54, 1.807) is 30.3 Å². The second-order valence-corrected chi connectivity index (χ2v) is 6.42. The van der Waals surface area contributed by atoms with Crippen molar-refractivity contribution in [2.45, 2.75) is 44.2 Å². The van der Waals surface area contributed by atoms with E-state index in [-0.39, 0.29) is 6.61 Å². The molecule has 124 valence electrons. The zero-order valence-electron chi connectivity index (χ0n) is 11.8. The molecule has 4 N–H and O–H groups in total. The van der Waals surface area contributed by atoms with Crippen LogP contribution in [0.25, 0.3) is 0 Å². The lowest BCUT2D eigenvalue weighted by molar-refractivity contribution is -0.272. The van der Waals surface area contributed by atoms with Gasteiger partial charge in [-0.3, -0.25) is 9.05 Å². The Labute approximate surface area is 127 Å². The van der Waals surface area contributed by atoms with Gasteiger partial charge in [-0.05, 0) is 12.5 Å². The van der Waals surface area contributed by atoms with Gasteiger partial charge >= 0.3 is 7.82 Å². The fourth-order valence-electron chi connectivity index (χ4n) is 1.99. The van der Waals surface area contributed by atoms with E-state index in [2.05, 4.69) is 0 Å². The van der Waals surface area contributed by atoms with Crippen LogP contribution in [0.15, 0.2) is 30.3 Å². The maximum Gasteiger partial charge on any atom is 0.474 e. The summed E-state index contributed by atoms with van der Waals surface area (Å²) in [5.74, 6) is 0. The Morgan fingerprint density at radius 1 is 1.14 bits per heavy atom. The van der Waals surface area contributed by atoms with Gasteiger partial charge in [0.2, 0.25) is 0 Å². The molecule has 1 unspecified atom stereocenters. The molecule has 1 saturated heterocycles. The van der Waals surface area contributed by atoms with Crippen LogP contribution in [0.4, 0.5) is 0 Å². The Kier molecular flexibility index (Phi) is 5.70. The van der Waals surface area contributed by atoms with Crippen molar-refractivity contribution in [1.29, 1.82) is 0 Å². The largest absolute Gasteiger partial charge is 0.474 e. The highest BCUT2D eigenvalue weighted by Crippen LogP contribution is 2.47. The first-order valence-electron chi connectivity index (χ1n) is 6.69. The normalized spacial score (nSPS) is 35.0. The Morgan fingerprint density at radius 2 is 1.77 bits per heavy atom. The van der Waals surface area contributed by atoms with Crippen molar-refractivity contribution < 1.29 is 38.6 Å². The van der Waals surface area contributed by atoms with Crippen LogP contribution in [-0.2, 0) is 25.0 Å². The molecular weight excluding hydrogens is 315 g/mol. The molecule has 1 fully saturated rings. The first-order valence-corrected chi connectivity index (χ1v) is 8.19. The second-order valence-electron chi connectivity index (χ2n) is 5.01. The predicted molar refractivity (Wildman–Crippen MR) is 74.5 cm³/mol. The van der Waals surface area contributed by atoms with Gasteiger partial charge in [0, 0.05) is 0 Å². The van der Waals surface area contributed by atoms with Crippen LogP contribution in [0.1, 0.15) is 12.5 Å². The molecule has 0 bridgehead atoms. The number of rotatable bonds is 5. The van der Waals surface area contributed by atoms with E-state index in [0.717, 1.165) is 0 Å². The standard InChI is InChI=1S/C13H19O8P/c1-8-10(14)11(15)12(16)13(20-8)21-22(17,18)19-7-9-5-3-2-4-6-9/h2-6,8,10-16H,7H2,1H3,(H,17,18)/t8-,10+,11+,12-,13+/m0/s1. The van der Waals surface area contributed by atoms with Crippen molar-refractivity contribution in [2.24, 2.45) is 0 Å². The first-order chi connectivity index (χ1) is 10.3. The van der Waals surface area contributed by atoms with Crippen LogP contribution >= 0.6 is 7.82 Å². The third-order valence-corrected chi connectivity index (χ3v) is 4.21. The van der Waals surface area contributed by atoms with E-state index in [0.29, 0.717) is 5.56 Å². The van der Waals surface area contributed by atoms with E-state index in [9.17, 15) is 24.8 Å². The number of ether oxygens (including phenoxy) is 1. The van der Waals surface area contributed by atoms with Crippen LogP contribution in [0.3, 0.4) is 0 Å². The summed E-state index contributed by atoms with van der Waals surface area (Å²) in [5, 5.41) is 28.9. The lowest BCUT2D eigenvalue weighted by atomic mass is 10.0. The van der Waals surface area contributed by atoms with Crippen molar-refractivity contribution in [1.82, 2.24) is 0 Å². The molecule has 0 radical (unpaired) electrons. The Hall–Kier alpha value is -0.830. The van der Waals surface area contributed by atoms with Gasteiger partial charge in [-0.2, -0.15) is 0 Å². The zero-order valence-corrected chi connectivity index (χ0v) is 12.7. The number of hydrogen-bond donors (Lipinski definition) is 4. The van der Waals surface area contributed by atoms with Crippen molar-refractivity contribution in [3.05, 3.63) is 35.9 Å². The average molecular weight is 334 g/mol. The van der Waals surface area contributed by atoms with E-state index in [1.807, 2.05) is 0 Å². The highest BCUT2D eigenvalue weighted by molar-refractivity contribution is 7.47. The number of aliphatic hydroxyl groups is 3. The monoisotopic (exact) mass is 334 g/mol. The smallest absolute Gasteiger partial charge is 0.388 e. The molecule has 0 spiro atoms. The molecule has 0 saturated carbocycles. The number of hydrogen-bond acceptors (Lipinski definition) is 7. The minimum atomic E-state index is -4.51. The maximum absolute atomic E-state index is 11.9.